The van der Waals surface area contributed by atoms with Crippen molar-refractivity contribution in [1.82, 2.24) is 0 Å². The van der Waals surface area contributed by atoms with Crippen LogP contribution in [0, 0.1) is 6.92 Å². The first kappa shape index (κ1) is 14.9. The summed E-state index contributed by atoms with van der Waals surface area (Å²) >= 11 is 3.46. The molecule has 0 aromatic heterocycles. The van der Waals surface area contributed by atoms with Crippen LogP contribution in [0.15, 0.2) is 40.9 Å². The van der Waals surface area contributed by atoms with Crippen molar-refractivity contribution in [3.8, 4) is 17.2 Å². The molecule has 2 rings (SSSR count). The fraction of sp³-hybridized carbons (Fsp3) is 0.250. The van der Waals surface area contributed by atoms with Crippen LogP contribution in [0.4, 0.5) is 0 Å². The van der Waals surface area contributed by atoms with Crippen LogP contribution in [0.25, 0.3) is 0 Å². The maximum Gasteiger partial charge on any atom is 0.169 e. The summed E-state index contributed by atoms with van der Waals surface area (Å²) < 4.78 is 12.0. The summed E-state index contributed by atoms with van der Waals surface area (Å²) in [6.07, 6.45) is -0.505. The van der Waals surface area contributed by atoms with Gasteiger partial charge in [0.25, 0.3) is 0 Å². The zero-order valence-electron chi connectivity index (χ0n) is 11.7. The van der Waals surface area contributed by atoms with Gasteiger partial charge in [-0.3, -0.25) is 0 Å². The Balaban J connectivity index is 2.30. The van der Waals surface area contributed by atoms with E-state index in [1.165, 1.54) is 0 Å². The van der Waals surface area contributed by atoms with Gasteiger partial charge in [-0.15, -0.1) is 0 Å². The van der Waals surface area contributed by atoms with Crippen molar-refractivity contribution < 1.29 is 14.6 Å². The Morgan fingerprint density at radius 2 is 1.75 bits per heavy atom. The van der Waals surface area contributed by atoms with Crippen LogP contribution in [0.5, 0.6) is 17.2 Å². The van der Waals surface area contributed by atoms with Crippen LogP contribution in [0.1, 0.15) is 24.2 Å². The SMILES string of the molecule is COc1cc(C)ccc1Oc1ccc(C(C)O)cc1Br. The van der Waals surface area contributed by atoms with E-state index >= 15 is 0 Å². The Bertz CT molecular complexity index is 609. The number of aliphatic hydroxyl groups is 1. The van der Waals surface area contributed by atoms with Crippen molar-refractivity contribution in [2.24, 2.45) is 0 Å². The second kappa shape index (κ2) is 6.29. The van der Waals surface area contributed by atoms with Crippen LogP contribution in [0.3, 0.4) is 0 Å². The van der Waals surface area contributed by atoms with Gasteiger partial charge in [-0.25, -0.2) is 0 Å². The lowest BCUT2D eigenvalue weighted by atomic mass is 10.1. The molecule has 1 atom stereocenters. The first-order valence-corrected chi connectivity index (χ1v) is 7.10. The lowest BCUT2D eigenvalue weighted by molar-refractivity contribution is 0.199. The molecule has 1 unspecified atom stereocenters. The Kier molecular flexibility index (Phi) is 4.68. The molecule has 20 heavy (non-hydrogen) atoms. The van der Waals surface area contributed by atoms with Crippen molar-refractivity contribution in [3.05, 3.63) is 52.0 Å². The van der Waals surface area contributed by atoms with E-state index in [2.05, 4.69) is 15.9 Å². The summed E-state index contributed by atoms with van der Waals surface area (Å²) in [5, 5.41) is 9.56. The van der Waals surface area contributed by atoms with Crippen LogP contribution in [-0.2, 0) is 0 Å². The number of halogens is 1. The molecule has 1 N–H and O–H groups in total. The molecule has 0 aliphatic carbocycles. The molecule has 2 aromatic rings. The summed E-state index contributed by atoms with van der Waals surface area (Å²) in [6.45, 7) is 3.73. The van der Waals surface area contributed by atoms with E-state index in [-0.39, 0.29) is 0 Å². The number of hydrogen-bond acceptors (Lipinski definition) is 3. The van der Waals surface area contributed by atoms with Gasteiger partial charge in [0.1, 0.15) is 5.75 Å². The maximum absolute atomic E-state index is 9.56. The quantitative estimate of drug-likeness (QED) is 0.885. The molecule has 0 spiro atoms. The largest absolute Gasteiger partial charge is 0.493 e. The van der Waals surface area contributed by atoms with E-state index in [9.17, 15) is 5.11 Å². The molecule has 106 valence electrons. The first-order valence-electron chi connectivity index (χ1n) is 6.31. The predicted octanol–water partition coefficient (Wildman–Crippen LogP) is 4.61. The zero-order chi connectivity index (χ0) is 14.7. The molecule has 3 nitrogen and oxygen atoms in total. The van der Waals surface area contributed by atoms with Crippen molar-refractivity contribution in [1.29, 1.82) is 0 Å². The molecule has 0 heterocycles. The molecule has 0 aliphatic heterocycles. The number of aryl methyl sites for hydroxylation is 1. The lowest BCUT2D eigenvalue weighted by Gasteiger charge is -2.13. The molecular weight excluding hydrogens is 320 g/mol. The summed E-state index contributed by atoms with van der Waals surface area (Å²) in [5.74, 6) is 2.02. The third-order valence-corrected chi connectivity index (χ3v) is 3.60. The minimum Gasteiger partial charge on any atom is -0.493 e. The second-order valence-electron chi connectivity index (χ2n) is 4.62. The Labute approximate surface area is 127 Å². The minimum atomic E-state index is -0.505. The first-order chi connectivity index (χ1) is 9.51. The summed E-state index contributed by atoms with van der Waals surface area (Å²) in [4.78, 5) is 0. The molecule has 0 saturated heterocycles. The van der Waals surface area contributed by atoms with Gasteiger partial charge in [0.15, 0.2) is 11.5 Å². The molecule has 0 radical (unpaired) electrons. The topological polar surface area (TPSA) is 38.7 Å². The third kappa shape index (κ3) is 3.32. The summed E-state index contributed by atoms with van der Waals surface area (Å²) in [6, 6.07) is 11.3. The zero-order valence-corrected chi connectivity index (χ0v) is 13.3. The van der Waals surface area contributed by atoms with Gasteiger partial charge in [0.05, 0.1) is 17.7 Å². The van der Waals surface area contributed by atoms with Crippen LogP contribution in [0.2, 0.25) is 0 Å². The molecule has 0 aliphatic rings. The highest BCUT2D eigenvalue weighted by Crippen LogP contribution is 2.36. The van der Waals surface area contributed by atoms with Gasteiger partial charge in [-0.2, -0.15) is 0 Å². The number of rotatable bonds is 4. The average Bonchev–Trinajstić information content (AvgIpc) is 2.42. The second-order valence-corrected chi connectivity index (χ2v) is 5.48. The van der Waals surface area contributed by atoms with E-state index in [0.717, 1.165) is 15.6 Å². The third-order valence-electron chi connectivity index (χ3n) is 2.98. The Morgan fingerprint density at radius 3 is 2.35 bits per heavy atom. The van der Waals surface area contributed by atoms with Crippen LogP contribution in [-0.4, -0.2) is 12.2 Å². The standard InChI is InChI=1S/C16H17BrO3/c1-10-4-6-15(16(8-10)19-3)20-14-7-5-12(11(2)18)9-13(14)17/h4-9,11,18H,1-3H3. The number of ether oxygens (including phenoxy) is 2. The van der Waals surface area contributed by atoms with Crippen molar-refractivity contribution >= 4 is 15.9 Å². The highest BCUT2D eigenvalue weighted by Gasteiger charge is 2.10. The average molecular weight is 337 g/mol. The predicted molar refractivity (Wildman–Crippen MR) is 82.6 cm³/mol. The van der Waals surface area contributed by atoms with E-state index < -0.39 is 6.10 Å². The molecule has 2 aromatic carbocycles. The van der Waals surface area contributed by atoms with Gasteiger partial charge < -0.3 is 14.6 Å². The van der Waals surface area contributed by atoms with Crippen molar-refractivity contribution in [2.45, 2.75) is 20.0 Å². The van der Waals surface area contributed by atoms with Gasteiger partial charge in [0.2, 0.25) is 0 Å². The maximum atomic E-state index is 9.56. The highest BCUT2D eigenvalue weighted by atomic mass is 79.9. The van der Waals surface area contributed by atoms with E-state index in [1.807, 2.05) is 43.3 Å². The number of hydrogen-bond donors (Lipinski definition) is 1. The lowest BCUT2D eigenvalue weighted by Crippen LogP contribution is -1.94. The van der Waals surface area contributed by atoms with Crippen LogP contribution >= 0.6 is 15.9 Å². The molecule has 0 saturated carbocycles. The Hall–Kier alpha value is -1.52. The smallest absolute Gasteiger partial charge is 0.169 e. The van der Waals surface area contributed by atoms with E-state index in [4.69, 9.17) is 9.47 Å². The van der Waals surface area contributed by atoms with Crippen molar-refractivity contribution in [2.75, 3.05) is 7.11 Å². The Morgan fingerprint density at radius 1 is 1.05 bits per heavy atom. The van der Waals surface area contributed by atoms with Crippen molar-refractivity contribution in [3.63, 3.8) is 0 Å². The molecule has 0 bridgehead atoms. The summed E-state index contributed by atoms with van der Waals surface area (Å²) in [7, 11) is 1.62. The number of benzene rings is 2. The molecule has 4 heteroatoms. The van der Waals surface area contributed by atoms with Crippen LogP contribution < -0.4 is 9.47 Å². The fourth-order valence-electron chi connectivity index (χ4n) is 1.84. The van der Waals surface area contributed by atoms with E-state index in [0.29, 0.717) is 17.2 Å². The number of methoxy groups -OCH3 is 1. The van der Waals surface area contributed by atoms with Gasteiger partial charge in [-0.05, 0) is 65.2 Å². The molecular formula is C16H17BrO3. The van der Waals surface area contributed by atoms with Gasteiger partial charge >= 0.3 is 0 Å². The normalized spacial score (nSPS) is 12.1. The number of aliphatic hydroxyl groups excluding tert-OH is 1. The molecule has 0 amide bonds. The van der Waals surface area contributed by atoms with E-state index in [1.54, 1.807) is 14.0 Å². The summed E-state index contributed by atoms with van der Waals surface area (Å²) in [5.41, 5.74) is 1.94. The fourth-order valence-corrected chi connectivity index (χ4v) is 2.31. The van der Waals surface area contributed by atoms with Gasteiger partial charge in [-0.1, -0.05) is 12.1 Å². The highest BCUT2D eigenvalue weighted by molar-refractivity contribution is 9.10. The monoisotopic (exact) mass is 336 g/mol. The molecule has 0 fully saturated rings. The van der Waals surface area contributed by atoms with Gasteiger partial charge in [0, 0.05) is 0 Å². The minimum absolute atomic E-state index is 0.505.